The Labute approximate surface area is 165 Å². The molecule has 1 aliphatic rings. The molecule has 3 rings (SSSR count). The molecule has 7 nitrogen and oxygen atoms in total. The van der Waals surface area contributed by atoms with Gasteiger partial charge in [-0.05, 0) is 30.2 Å². The summed E-state index contributed by atoms with van der Waals surface area (Å²) in [4.78, 5) is 18.4. The zero-order chi connectivity index (χ0) is 19.9. The standard InChI is InChI=1S/C21H26N4O3/c1-22-21(23-11-10-15-8-9-18(28-2)13-19(15)26)24-16-12-20(27)25(14-16)17-6-4-3-5-7-17/h3-9,13,16,26H,10-12,14H2,1-2H3,(H2,22,23,24). The first-order valence-corrected chi connectivity index (χ1v) is 9.29. The molecular formula is C21H26N4O3. The molecular weight excluding hydrogens is 356 g/mol. The Morgan fingerprint density at radius 1 is 1.29 bits per heavy atom. The van der Waals surface area contributed by atoms with Crippen LogP contribution in [0.2, 0.25) is 0 Å². The van der Waals surface area contributed by atoms with Crippen LogP contribution < -0.4 is 20.3 Å². The number of aromatic hydroxyl groups is 1. The SMILES string of the molecule is CN=C(NCCc1ccc(OC)cc1O)NC1CC(=O)N(c2ccccc2)C1. The fourth-order valence-corrected chi connectivity index (χ4v) is 3.25. The Bertz CT molecular complexity index is 839. The molecule has 2 aromatic carbocycles. The van der Waals surface area contributed by atoms with E-state index < -0.39 is 0 Å². The number of para-hydroxylation sites is 1. The molecule has 1 saturated heterocycles. The summed E-state index contributed by atoms with van der Waals surface area (Å²) in [5, 5.41) is 16.6. The summed E-state index contributed by atoms with van der Waals surface area (Å²) in [5.74, 6) is 1.58. The predicted molar refractivity (Wildman–Crippen MR) is 110 cm³/mol. The van der Waals surface area contributed by atoms with Crippen LogP contribution in [0.25, 0.3) is 0 Å². The second-order valence-corrected chi connectivity index (χ2v) is 6.63. The van der Waals surface area contributed by atoms with Gasteiger partial charge in [-0.3, -0.25) is 9.79 Å². The van der Waals surface area contributed by atoms with E-state index in [1.165, 1.54) is 0 Å². The van der Waals surface area contributed by atoms with Gasteiger partial charge in [-0.15, -0.1) is 0 Å². The third-order valence-corrected chi connectivity index (χ3v) is 4.74. The summed E-state index contributed by atoms with van der Waals surface area (Å²) in [6.45, 7) is 1.20. The maximum atomic E-state index is 12.3. The minimum Gasteiger partial charge on any atom is -0.508 e. The van der Waals surface area contributed by atoms with Crippen molar-refractivity contribution in [2.45, 2.75) is 18.9 Å². The third kappa shape index (κ3) is 4.73. The van der Waals surface area contributed by atoms with Gasteiger partial charge < -0.3 is 25.4 Å². The molecule has 0 saturated carbocycles. The van der Waals surface area contributed by atoms with Gasteiger partial charge in [0, 0.05) is 38.3 Å². The molecule has 0 aromatic heterocycles. The number of nitrogens with one attached hydrogen (secondary N) is 2. The van der Waals surface area contributed by atoms with Crippen LogP contribution in [0.5, 0.6) is 11.5 Å². The highest BCUT2D eigenvalue weighted by Gasteiger charge is 2.30. The normalized spacial score (nSPS) is 16.9. The third-order valence-electron chi connectivity index (χ3n) is 4.74. The van der Waals surface area contributed by atoms with Gasteiger partial charge in [-0.2, -0.15) is 0 Å². The number of anilines is 1. The monoisotopic (exact) mass is 382 g/mol. The first-order valence-electron chi connectivity index (χ1n) is 9.29. The molecule has 1 heterocycles. The minimum atomic E-state index is -0.00621. The molecule has 1 amide bonds. The molecule has 1 fully saturated rings. The summed E-state index contributed by atoms with van der Waals surface area (Å²) in [6.07, 6.45) is 1.06. The van der Waals surface area contributed by atoms with Gasteiger partial charge in [0.1, 0.15) is 11.5 Å². The smallest absolute Gasteiger partial charge is 0.229 e. The predicted octanol–water partition coefficient (Wildman–Crippen LogP) is 1.91. The summed E-state index contributed by atoms with van der Waals surface area (Å²) < 4.78 is 5.10. The average Bonchev–Trinajstić information content (AvgIpc) is 3.09. The zero-order valence-electron chi connectivity index (χ0n) is 16.2. The molecule has 28 heavy (non-hydrogen) atoms. The van der Waals surface area contributed by atoms with Crippen molar-refractivity contribution in [1.29, 1.82) is 0 Å². The number of phenols is 1. The molecule has 2 aromatic rings. The maximum absolute atomic E-state index is 12.3. The van der Waals surface area contributed by atoms with Crippen LogP contribution in [-0.2, 0) is 11.2 Å². The molecule has 1 atom stereocenters. The van der Waals surface area contributed by atoms with Crippen LogP contribution in [0.15, 0.2) is 53.5 Å². The topological polar surface area (TPSA) is 86.2 Å². The summed E-state index contributed by atoms with van der Waals surface area (Å²) in [7, 11) is 3.27. The molecule has 0 spiro atoms. The lowest BCUT2D eigenvalue weighted by molar-refractivity contribution is -0.117. The Morgan fingerprint density at radius 2 is 2.07 bits per heavy atom. The Hall–Kier alpha value is -3.22. The molecule has 0 radical (unpaired) electrons. The van der Waals surface area contributed by atoms with E-state index in [0.717, 1.165) is 11.3 Å². The number of rotatable bonds is 6. The number of amides is 1. The number of hydrogen-bond acceptors (Lipinski definition) is 4. The van der Waals surface area contributed by atoms with Crippen molar-refractivity contribution in [2.24, 2.45) is 4.99 Å². The van der Waals surface area contributed by atoms with Gasteiger partial charge >= 0.3 is 0 Å². The van der Waals surface area contributed by atoms with E-state index in [9.17, 15) is 9.90 Å². The number of benzene rings is 2. The van der Waals surface area contributed by atoms with E-state index in [1.807, 2.05) is 42.5 Å². The van der Waals surface area contributed by atoms with Crippen LogP contribution >= 0.6 is 0 Å². The molecule has 148 valence electrons. The lowest BCUT2D eigenvalue weighted by Gasteiger charge is -2.19. The number of hydrogen-bond donors (Lipinski definition) is 3. The number of nitrogens with zero attached hydrogens (tertiary/aromatic N) is 2. The van der Waals surface area contributed by atoms with Crippen molar-refractivity contribution >= 4 is 17.6 Å². The van der Waals surface area contributed by atoms with Gasteiger partial charge in [0.25, 0.3) is 0 Å². The molecule has 1 unspecified atom stereocenters. The number of carbonyl (C=O) groups is 1. The van der Waals surface area contributed by atoms with E-state index in [4.69, 9.17) is 4.74 Å². The second-order valence-electron chi connectivity index (χ2n) is 6.63. The Kier molecular flexibility index (Phi) is 6.37. The molecule has 3 N–H and O–H groups in total. The number of guanidine groups is 1. The Morgan fingerprint density at radius 3 is 2.75 bits per heavy atom. The van der Waals surface area contributed by atoms with Gasteiger partial charge in [0.15, 0.2) is 5.96 Å². The quantitative estimate of drug-likeness (QED) is 0.525. The van der Waals surface area contributed by atoms with Crippen molar-refractivity contribution in [2.75, 3.05) is 32.1 Å². The van der Waals surface area contributed by atoms with Crippen LogP contribution in [0.4, 0.5) is 5.69 Å². The summed E-state index contributed by atoms with van der Waals surface area (Å²) in [6, 6.07) is 14.9. The minimum absolute atomic E-state index is 0.00621. The second kappa shape index (κ2) is 9.12. The lowest BCUT2D eigenvalue weighted by Crippen LogP contribution is -2.45. The summed E-state index contributed by atoms with van der Waals surface area (Å²) >= 11 is 0. The van der Waals surface area contributed by atoms with E-state index in [1.54, 1.807) is 25.1 Å². The van der Waals surface area contributed by atoms with Crippen molar-refractivity contribution in [3.8, 4) is 11.5 Å². The van der Waals surface area contributed by atoms with Crippen LogP contribution in [-0.4, -0.2) is 50.3 Å². The number of methoxy groups -OCH3 is 1. The van der Waals surface area contributed by atoms with Crippen LogP contribution in [0, 0.1) is 0 Å². The van der Waals surface area contributed by atoms with Gasteiger partial charge in [-0.25, -0.2) is 0 Å². The van der Waals surface area contributed by atoms with Crippen LogP contribution in [0.1, 0.15) is 12.0 Å². The molecule has 0 bridgehead atoms. The van der Waals surface area contributed by atoms with Gasteiger partial charge in [0.2, 0.25) is 5.91 Å². The van der Waals surface area contributed by atoms with E-state index in [2.05, 4.69) is 15.6 Å². The molecule has 7 heteroatoms. The highest BCUT2D eigenvalue weighted by molar-refractivity contribution is 5.97. The van der Waals surface area contributed by atoms with E-state index >= 15 is 0 Å². The van der Waals surface area contributed by atoms with Crippen molar-refractivity contribution in [3.05, 3.63) is 54.1 Å². The summed E-state index contributed by atoms with van der Waals surface area (Å²) in [5.41, 5.74) is 1.74. The largest absolute Gasteiger partial charge is 0.508 e. The maximum Gasteiger partial charge on any atom is 0.229 e. The molecule has 1 aliphatic heterocycles. The van der Waals surface area contributed by atoms with Crippen molar-refractivity contribution in [1.82, 2.24) is 10.6 Å². The highest BCUT2D eigenvalue weighted by atomic mass is 16.5. The lowest BCUT2D eigenvalue weighted by atomic mass is 10.1. The first-order chi connectivity index (χ1) is 13.6. The molecule has 0 aliphatic carbocycles. The fraction of sp³-hybridized carbons (Fsp3) is 0.333. The van der Waals surface area contributed by atoms with Crippen molar-refractivity contribution in [3.63, 3.8) is 0 Å². The number of ether oxygens (including phenoxy) is 1. The van der Waals surface area contributed by atoms with Crippen LogP contribution in [0.3, 0.4) is 0 Å². The zero-order valence-corrected chi connectivity index (χ0v) is 16.2. The van der Waals surface area contributed by atoms with Crippen molar-refractivity contribution < 1.29 is 14.6 Å². The average molecular weight is 382 g/mol. The van der Waals surface area contributed by atoms with Gasteiger partial charge in [-0.1, -0.05) is 24.3 Å². The number of carbonyl (C=O) groups excluding carboxylic acids is 1. The van der Waals surface area contributed by atoms with Gasteiger partial charge in [0.05, 0.1) is 13.2 Å². The van der Waals surface area contributed by atoms with E-state index in [0.29, 0.717) is 37.6 Å². The first kappa shape index (κ1) is 19.5. The fourth-order valence-electron chi connectivity index (χ4n) is 3.25. The number of aliphatic imine (C=N–C) groups is 1. The van der Waals surface area contributed by atoms with E-state index in [-0.39, 0.29) is 17.7 Å². The highest BCUT2D eigenvalue weighted by Crippen LogP contribution is 2.23. The number of phenolic OH excluding ortho intramolecular Hbond substituents is 1. The Balaban J connectivity index is 1.51.